The highest BCUT2D eigenvalue weighted by molar-refractivity contribution is 8.01. The normalized spacial score (nSPS) is 10.8. The zero-order valence-electron chi connectivity index (χ0n) is 12.5. The monoisotopic (exact) mass is 324 g/mol. The summed E-state index contributed by atoms with van der Waals surface area (Å²) in [6.45, 7) is 2.39. The number of rotatable bonds is 8. The standard InChI is InChI=1S/C14H20N4OS2/c1-18(2)13-16-17-14(21-13)20-12-7-5-4-6-11(12)10-15-8-9-19-3/h4-7,15H,8-10H2,1-3H3. The van der Waals surface area contributed by atoms with Crippen LogP contribution in [-0.2, 0) is 11.3 Å². The van der Waals surface area contributed by atoms with E-state index in [0.717, 1.165) is 29.2 Å². The van der Waals surface area contributed by atoms with Crippen LogP contribution in [-0.4, -0.2) is 44.6 Å². The van der Waals surface area contributed by atoms with E-state index in [-0.39, 0.29) is 0 Å². The Labute approximate surface area is 133 Å². The maximum Gasteiger partial charge on any atom is 0.208 e. The Morgan fingerprint density at radius 3 is 2.81 bits per heavy atom. The maximum atomic E-state index is 5.04. The lowest BCUT2D eigenvalue weighted by atomic mass is 10.2. The summed E-state index contributed by atoms with van der Waals surface area (Å²) in [5.74, 6) is 0. The smallest absolute Gasteiger partial charge is 0.208 e. The summed E-state index contributed by atoms with van der Waals surface area (Å²) in [5.41, 5.74) is 1.26. The van der Waals surface area contributed by atoms with Crippen LogP contribution in [0.15, 0.2) is 33.5 Å². The molecule has 0 unspecified atom stereocenters. The number of aromatic nitrogens is 2. The third kappa shape index (κ3) is 4.96. The highest BCUT2D eigenvalue weighted by Gasteiger charge is 2.09. The predicted molar refractivity (Wildman–Crippen MR) is 88.4 cm³/mol. The Morgan fingerprint density at radius 2 is 2.10 bits per heavy atom. The molecule has 0 saturated heterocycles. The van der Waals surface area contributed by atoms with Crippen molar-refractivity contribution in [3.05, 3.63) is 29.8 Å². The van der Waals surface area contributed by atoms with Crippen molar-refractivity contribution in [3.63, 3.8) is 0 Å². The van der Waals surface area contributed by atoms with Crippen molar-refractivity contribution in [2.24, 2.45) is 0 Å². The van der Waals surface area contributed by atoms with Gasteiger partial charge in [-0.05, 0) is 11.6 Å². The van der Waals surface area contributed by atoms with E-state index >= 15 is 0 Å². The molecule has 0 spiro atoms. The number of benzene rings is 1. The van der Waals surface area contributed by atoms with Gasteiger partial charge in [-0.15, -0.1) is 10.2 Å². The van der Waals surface area contributed by atoms with Crippen molar-refractivity contribution < 1.29 is 4.74 Å². The van der Waals surface area contributed by atoms with Gasteiger partial charge in [0, 0.05) is 39.2 Å². The molecule has 2 rings (SSSR count). The summed E-state index contributed by atoms with van der Waals surface area (Å²) in [7, 11) is 5.66. The molecule has 5 nitrogen and oxygen atoms in total. The van der Waals surface area contributed by atoms with Gasteiger partial charge >= 0.3 is 0 Å². The Balaban J connectivity index is 2.01. The van der Waals surface area contributed by atoms with Gasteiger partial charge in [0.05, 0.1) is 6.61 Å². The van der Waals surface area contributed by atoms with Gasteiger partial charge < -0.3 is 15.0 Å². The van der Waals surface area contributed by atoms with Crippen LogP contribution in [0, 0.1) is 0 Å². The maximum absolute atomic E-state index is 5.04. The molecule has 7 heteroatoms. The lowest BCUT2D eigenvalue weighted by Gasteiger charge is -2.08. The first-order chi connectivity index (χ1) is 10.2. The number of ether oxygens (including phenoxy) is 1. The fraction of sp³-hybridized carbons (Fsp3) is 0.429. The number of hydrogen-bond acceptors (Lipinski definition) is 7. The number of nitrogens with zero attached hydrogens (tertiary/aromatic N) is 3. The van der Waals surface area contributed by atoms with Gasteiger partial charge in [0.2, 0.25) is 5.13 Å². The van der Waals surface area contributed by atoms with Crippen LogP contribution in [0.5, 0.6) is 0 Å². The Hall–Kier alpha value is -1.15. The molecular weight excluding hydrogens is 304 g/mol. The van der Waals surface area contributed by atoms with Crippen LogP contribution >= 0.6 is 23.1 Å². The van der Waals surface area contributed by atoms with Crippen molar-refractivity contribution in [3.8, 4) is 0 Å². The van der Waals surface area contributed by atoms with E-state index in [4.69, 9.17) is 4.74 Å². The molecule has 0 aliphatic rings. The number of methoxy groups -OCH3 is 1. The summed E-state index contributed by atoms with van der Waals surface area (Å²) in [6, 6.07) is 8.36. The highest BCUT2D eigenvalue weighted by atomic mass is 32.2. The van der Waals surface area contributed by atoms with Gasteiger partial charge in [0.15, 0.2) is 4.34 Å². The second-order valence-electron chi connectivity index (χ2n) is 4.62. The molecule has 1 aromatic heterocycles. The Bertz CT molecular complexity index is 559. The predicted octanol–water partition coefficient (Wildman–Crippen LogP) is 2.49. The minimum absolute atomic E-state index is 0.720. The van der Waals surface area contributed by atoms with Crippen LogP contribution in [0.4, 0.5) is 5.13 Å². The molecule has 1 aromatic carbocycles. The fourth-order valence-corrected chi connectivity index (χ4v) is 3.51. The molecule has 0 atom stereocenters. The molecule has 0 aliphatic heterocycles. The molecule has 2 aromatic rings. The SMILES string of the molecule is COCCNCc1ccccc1Sc1nnc(N(C)C)s1. The molecule has 0 radical (unpaired) electrons. The molecule has 0 amide bonds. The average Bonchev–Trinajstić information content (AvgIpc) is 2.94. The molecule has 114 valence electrons. The van der Waals surface area contributed by atoms with E-state index in [0.29, 0.717) is 0 Å². The fourth-order valence-electron chi connectivity index (χ4n) is 1.67. The average molecular weight is 324 g/mol. The van der Waals surface area contributed by atoms with Crippen molar-refractivity contribution in [1.29, 1.82) is 0 Å². The van der Waals surface area contributed by atoms with Crippen molar-refractivity contribution in [1.82, 2.24) is 15.5 Å². The van der Waals surface area contributed by atoms with E-state index in [1.165, 1.54) is 10.5 Å². The largest absolute Gasteiger partial charge is 0.383 e. The van der Waals surface area contributed by atoms with Crippen LogP contribution < -0.4 is 10.2 Å². The van der Waals surface area contributed by atoms with E-state index in [1.54, 1.807) is 30.2 Å². The van der Waals surface area contributed by atoms with Gasteiger partial charge in [-0.1, -0.05) is 41.3 Å². The first-order valence-electron chi connectivity index (χ1n) is 6.67. The van der Waals surface area contributed by atoms with Crippen molar-refractivity contribution >= 4 is 28.2 Å². The van der Waals surface area contributed by atoms with Gasteiger partial charge in [-0.3, -0.25) is 0 Å². The summed E-state index contributed by atoms with van der Waals surface area (Å²) in [5, 5.41) is 12.7. The van der Waals surface area contributed by atoms with Crippen molar-refractivity contribution in [2.75, 3.05) is 39.3 Å². The summed E-state index contributed by atoms with van der Waals surface area (Å²) < 4.78 is 6.00. The summed E-state index contributed by atoms with van der Waals surface area (Å²) in [6.07, 6.45) is 0. The zero-order valence-corrected chi connectivity index (χ0v) is 14.1. The van der Waals surface area contributed by atoms with Gasteiger partial charge in [0.25, 0.3) is 0 Å². The summed E-state index contributed by atoms with van der Waals surface area (Å²) >= 11 is 3.27. The minimum atomic E-state index is 0.720. The van der Waals surface area contributed by atoms with E-state index in [2.05, 4.69) is 39.8 Å². The van der Waals surface area contributed by atoms with Gasteiger partial charge in [0.1, 0.15) is 0 Å². The molecular formula is C14H20N4OS2. The number of hydrogen-bond donors (Lipinski definition) is 1. The molecule has 1 heterocycles. The van der Waals surface area contributed by atoms with Gasteiger partial charge in [-0.25, -0.2) is 0 Å². The molecule has 0 bridgehead atoms. The van der Waals surface area contributed by atoms with Crippen LogP contribution in [0.2, 0.25) is 0 Å². The molecule has 0 aliphatic carbocycles. The highest BCUT2D eigenvalue weighted by Crippen LogP contribution is 2.34. The molecule has 0 saturated carbocycles. The molecule has 1 N–H and O–H groups in total. The number of anilines is 1. The second kappa shape index (κ2) is 8.33. The second-order valence-corrected chi connectivity index (χ2v) is 6.87. The third-order valence-electron chi connectivity index (χ3n) is 2.75. The van der Waals surface area contributed by atoms with Crippen LogP contribution in [0.25, 0.3) is 0 Å². The van der Waals surface area contributed by atoms with E-state index < -0.39 is 0 Å². The molecule has 0 fully saturated rings. The van der Waals surface area contributed by atoms with E-state index in [9.17, 15) is 0 Å². The Kier molecular flexibility index (Phi) is 6.44. The third-order valence-corrected chi connectivity index (χ3v) is 5.01. The minimum Gasteiger partial charge on any atom is -0.383 e. The molecule has 21 heavy (non-hydrogen) atoms. The van der Waals surface area contributed by atoms with Crippen LogP contribution in [0.3, 0.4) is 0 Å². The summed E-state index contributed by atoms with van der Waals surface area (Å²) in [4.78, 5) is 3.18. The van der Waals surface area contributed by atoms with Crippen molar-refractivity contribution in [2.45, 2.75) is 15.8 Å². The van der Waals surface area contributed by atoms with E-state index in [1.807, 2.05) is 19.0 Å². The zero-order chi connectivity index (χ0) is 15.1. The topological polar surface area (TPSA) is 50.3 Å². The Morgan fingerprint density at radius 1 is 1.29 bits per heavy atom. The first kappa shape index (κ1) is 16.2. The first-order valence-corrected chi connectivity index (χ1v) is 8.30. The lowest BCUT2D eigenvalue weighted by molar-refractivity contribution is 0.199. The lowest BCUT2D eigenvalue weighted by Crippen LogP contribution is -2.18. The number of nitrogens with one attached hydrogen (secondary N) is 1. The quantitative estimate of drug-likeness (QED) is 0.753. The van der Waals surface area contributed by atoms with Gasteiger partial charge in [-0.2, -0.15) is 0 Å². The van der Waals surface area contributed by atoms with Crippen LogP contribution in [0.1, 0.15) is 5.56 Å².